The largest absolute Gasteiger partial charge is 0.330 e. The molecule has 0 radical (unpaired) electrons. The van der Waals surface area contributed by atoms with Crippen LogP contribution in [0, 0.1) is 11.8 Å². The van der Waals surface area contributed by atoms with Gasteiger partial charge >= 0.3 is 0 Å². The van der Waals surface area contributed by atoms with Crippen molar-refractivity contribution in [2.75, 3.05) is 6.54 Å². The van der Waals surface area contributed by atoms with Crippen LogP contribution in [0.4, 0.5) is 4.39 Å². The first-order valence-corrected chi connectivity index (χ1v) is 5.60. The second kappa shape index (κ2) is 5.58. The third-order valence-electron chi connectivity index (χ3n) is 3.37. The smallest absolute Gasteiger partial charge is 0.102 e. The summed E-state index contributed by atoms with van der Waals surface area (Å²) in [5, 5.41) is 0. The van der Waals surface area contributed by atoms with Crippen molar-refractivity contribution in [2.45, 2.75) is 51.6 Å². The third-order valence-corrected chi connectivity index (χ3v) is 3.37. The molecule has 0 spiro atoms. The molecule has 2 atom stereocenters. The lowest BCUT2D eigenvalue weighted by Gasteiger charge is -2.25. The topological polar surface area (TPSA) is 26.0 Å². The highest BCUT2D eigenvalue weighted by Crippen LogP contribution is 2.31. The number of nitrogens with two attached hydrogens (primary N) is 1. The average molecular weight is 187 g/mol. The molecule has 2 N–H and O–H groups in total. The molecule has 0 saturated heterocycles. The molecular weight excluding hydrogens is 165 g/mol. The first-order valence-electron chi connectivity index (χ1n) is 5.60. The Morgan fingerprint density at radius 3 is 2.15 bits per heavy atom. The van der Waals surface area contributed by atoms with E-state index in [2.05, 4.69) is 0 Å². The van der Waals surface area contributed by atoms with E-state index in [1.54, 1.807) is 6.92 Å². The monoisotopic (exact) mass is 187 g/mol. The minimum atomic E-state index is -0.729. The van der Waals surface area contributed by atoms with Crippen molar-refractivity contribution < 1.29 is 4.39 Å². The quantitative estimate of drug-likeness (QED) is 0.675. The van der Waals surface area contributed by atoms with Crippen LogP contribution in [-0.4, -0.2) is 12.7 Å². The molecule has 78 valence electrons. The summed E-state index contributed by atoms with van der Waals surface area (Å²) in [4.78, 5) is 0. The van der Waals surface area contributed by atoms with E-state index in [0.717, 1.165) is 0 Å². The van der Waals surface area contributed by atoms with Gasteiger partial charge in [0, 0.05) is 5.92 Å². The molecule has 1 aliphatic rings. The molecule has 0 aromatic carbocycles. The maximum absolute atomic E-state index is 13.2. The van der Waals surface area contributed by atoms with Crippen LogP contribution < -0.4 is 5.73 Å². The lowest BCUT2D eigenvalue weighted by Crippen LogP contribution is -2.30. The minimum absolute atomic E-state index is 0.109. The number of rotatable bonds is 3. The number of alkyl halides is 1. The lowest BCUT2D eigenvalue weighted by atomic mass is 9.83. The van der Waals surface area contributed by atoms with E-state index in [-0.39, 0.29) is 5.92 Å². The summed E-state index contributed by atoms with van der Waals surface area (Å²) in [5.41, 5.74) is 5.62. The lowest BCUT2D eigenvalue weighted by molar-refractivity contribution is 0.171. The van der Waals surface area contributed by atoms with E-state index in [1.807, 2.05) is 0 Å². The van der Waals surface area contributed by atoms with E-state index in [4.69, 9.17) is 5.73 Å². The molecule has 2 unspecified atom stereocenters. The van der Waals surface area contributed by atoms with Crippen LogP contribution in [0.25, 0.3) is 0 Å². The summed E-state index contributed by atoms with van der Waals surface area (Å²) < 4.78 is 13.2. The van der Waals surface area contributed by atoms with Crippen molar-refractivity contribution in [2.24, 2.45) is 17.6 Å². The summed E-state index contributed by atoms with van der Waals surface area (Å²) >= 11 is 0. The standard InChI is InChI=1S/C11H22FN/c1-9(12)11(8-13)10-6-4-2-3-5-7-10/h9-11H,2-8,13H2,1H3. The zero-order valence-corrected chi connectivity index (χ0v) is 8.64. The average Bonchev–Trinajstić information content (AvgIpc) is 2.33. The van der Waals surface area contributed by atoms with E-state index in [0.29, 0.717) is 12.5 Å². The molecule has 1 aliphatic carbocycles. The maximum Gasteiger partial charge on any atom is 0.102 e. The molecule has 1 rings (SSSR count). The molecule has 1 saturated carbocycles. The van der Waals surface area contributed by atoms with Gasteiger partial charge in [0.25, 0.3) is 0 Å². The van der Waals surface area contributed by atoms with Crippen LogP contribution in [0.2, 0.25) is 0 Å². The fourth-order valence-corrected chi connectivity index (χ4v) is 2.49. The molecule has 0 heterocycles. The summed E-state index contributed by atoms with van der Waals surface area (Å²) in [6.45, 7) is 2.17. The van der Waals surface area contributed by atoms with Gasteiger partial charge in [-0.3, -0.25) is 0 Å². The molecule has 0 aromatic rings. The normalized spacial score (nSPS) is 25.2. The SMILES string of the molecule is CC(F)C(CN)C1CCCCCC1. The Balaban J connectivity index is 2.45. The summed E-state index contributed by atoms with van der Waals surface area (Å²) in [6.07, 6.45) is 6.85. The van der Waals surface area contributed by atoms with Crippen LogP contribution in [0.1, 0.15) is 45.4 Å². The highest BCUT2D eigenvalue weighted by atomic mass is 19.1. The number of hydrogen-bond acceptors (Lipinski definition) is 1. The van der Waals surface area contributed by atoms with Crippen LogP contribution in [0.15, 0.2) is 0 Å². The second-order valence-electron chi connectivity index (χ2n) is 4.33. The molecule has 0 bridgehead atoms. The first-order chi connectivity index (χ1) is 6.25. The van der Waals surface area contributed by atoms with Crippen molar-refractivity contribution in [1.82, 2.24) is 0 Å². The predicted molar refractivity (Wildman–Crippen MR) is 54.3 cm³/mol. The Morgan fingerprint density at radius 2 is 1.77 bits per heavy atom. The summed E-state index contributed by atoms with van der Waals surface area (Å²) in [7, 11) is 0. The number of hydrogen-bond donors (Lipinski definition) is 1. The first kappa shape index (κ1) is 11.0. The molecule has 2 heteroatoms. The third kappa shape index (κ3) is 3.26. The minimum Gasteiger partial charge on any atom is -0.330 e. The predicted octanol–water partition coefficient (Wildman–Crippen LogP) is 2.89. The second-order valence-corrected chi connectivity index (χ2v) is 4.33. The Kier molecular flexibility index (Phi) is 4.71. The van der Waals surface area contributed by atoms with Gasteiger partial charge in [-0.05, 0) is 19.4 Å². The zero-order chi connectivity index (χ0) is 9.68. The number of halogens is 1. The van der Waals surface area contributed by atoms with Gasteiger partial charge in [0.2, 0.25) is 0 Å². The van der Waals surface area contributed by atoms with E-state index in [9.17, 15) is 4.39 Å². The van der Waals surface area contributed by atoms with Crippen LogP contribution >= 0.6 is 0 Å². The van der Waals surface area contributed by atoms with Gasteiger partial charge in [-0.25, -0.2) is 4.39 Å². The Bertz CT molecular complexity index is 128. The van der Waals surface area contributed by atoms with Crippen LogP contribution in [0.3, 0.4) is 0 Å². The van der Waals surface area contributed by atoms with Gasteiger partial charge in [0.15, 0.2) is 0 Å². The molecule has 1 nitrogen and oxygen atoms in total. The van der Waals surface area contributed by atoms with Gasteiger partial charge in [-0.1, -0.05) is 38.5 Å². The van der Waals surface area contributed by atoms with Gasteiger partial charge in [-0.15, -0.1) is 0 Å². The van der Waals surface area contributed by atoms with Crippen molar-refractivity contribution in [3.8, 4) is 0 Å². The molecule has 1 fully saturated rings. The van der Waals surface area contributed by atoms with E-state index in [1.165, 1.54) is 38.5 Å². The van der Waals surface area contributed by atoms with Crippen LogP contribution in [0.5, 0.6) is 0 Å². The van der Waals surface area contributed by atoms with E-state index >= 15 is 0 Å². The van der Waals surface area contributed by atoms with Gasteiger partial charge < -0.3 is 5.73 Å². The zero-order valence-electron chi connectivity index (χ0n) is 8.64. The highest BCUT2D eigenvalue weighted by molar-refractivity contribution is 4.77. The fourth-order valence-electron chi connectivity index (χ4n) is 2.49. The Labute approximate surface area is 80.9 Å². The van der Waals surface area contributed by atoms with Crippen LogP contribution in [-0.2, 0) is 0 Å². The van der Waals surface area contributed by atoms with Gasteiger partial charge in [0.1, 0.15) is 6.17 Å². The van der Waals surface area contributed by atoms with E-state index < -0.39 is 6.17 Å². The van der Waals surface area contributed by atoms with Crippen molar-refractivity contribution >= 4 is 0 Å². The molecule has 0 aromatic heterocycles. The van der Waals surface area contributed by atoms with Crippen molar-refractivity contribution in [3.63, 3.8) is 0 Å². The van der Waals surface area contributed by atoms with Crippen molar-refractivity contribution in [1.29, 1.82) is 0 Å². The summed E-state index contributed by atoms with van der Waals surface area (Å²) in [5.74, 6) is 0.658. The molecular formula is C11H22FN. The van der Waals surface area contributed by atoms with Gasteiger partial charge in [0.05, 0.1) is 0 Å². The Morgan fingerprint density at radius 1 is 1.23 bits per heavy atom. The molecule has 13 heavy (non-hydrogen) atoms. The molecule has 0 aliphatic heterocycles. The molecule has 0 amide bonds. The maximum atomic E-state index is 13.2. The highest BCUT2D eigenvalue weighted by Gasteiger charge is 2.25. The summed E-state index contributed by atoms with van der Waals surface area (Å²) in [6, 6.07) is 0. The van der Waals surface area contributed by atoms with Gasteiger partial charge in [-0.2, -0.15) is 0 Å². The fraction of sp³-hybridized carbons (Fsp3) is 1.00. The van der Waals surface area contributed by atoms with Crippen molar-refractivity contribution in [3.05, 3.63) is 0 Å². The Hall–Kier alpha value is -0.110.